The van der Waals surface area contributed by atoms with Gasteiger partial charge in [0.2, 0.25) is 0 Å². The minimum absolute atomic E-state index is 0.166. The molecule has 0 radical (unpaired) electrons. The number of hydrogen-bond donors (Lipinski definition) is 1. The fraction of sp³-hybridized carbons (Fsp3) is 0.708. The first-order chi connectivity index (χ1) is 15.2. The van der Waals surface area contributed by atoms with Crippen molar-refractivity contribution in [3.8, 4) is 0 Å². The van der Waals surface area contributed by atoms with Gasteiger partial charge in [0.1, 0.15) is 6.10 Å². The van der Waals surface area contributed by atoms with E-state index in [2.05, 4.69) is 56.2 Å². The van der Waals surface area contributed by atoms with Crippen LogP contribution in [-0.4, -0.2) is 101 Å². The number of nitrogens with one attached hydrogen (secondary N) is 1. The second-order valence-corrected chi connectivity index (χ2v) is 8.90. The van der Waals surface area contributed by atoms with Gasteiger partial charge in [-0.1, -0.05) is 12.1 Å². The maximum atomic E-state index is 5.98. The van der Waals surface area contributed by atoms with Crippen molar-refractivity contribution < 1.29 is 9.47 Å². The number of benzene rings is 1. The lowest BCUT2D eigenvalue weighted by molar-refractivity contribution is -0.0816. The van der Waals surface area contributed by atoms with Crippen molar-refractivity contribution in [3.63, 3.8) is 0 Å². The van der Waals surface area contributed by atoms with Crippen LogP contribution in [0.5, 0.6) is 0 Å². The number of piperazine rings is 1. The molecule has 31 heavy (non-hydrogen) atoms. The van der Waals surface area contributed by atoms with E-state index in [1.165, 1.54) is 11.3 Å². The van der Waals surface area contributed by atoms with Gasteiger partial charge < -0.3 is 24.6 Å². The van der Waals surface area contributed by atoms with Crippen molar-refractivity contribution in [2.75, 3.05) is 77.5 Å². The quantitative estimate of drug-likeness (QED) is 0.424. The first-order valence-electron chi connectivity index (χ1n) is 12.0. The van der Waals surface area contributed by atoms with Crippen LogP contribution in [0.1, 0.15) is 24.8 Å². The number of aliphatic imine (C=N–C) groups is 1. The molecule has 0 spiro atoms. The molecule has 1 aromatic rings. The van der Waals surface area contributed by atoms with Gasteiger partial charge in [-0.15, -0.1) is 0 Å². The number of aryl methyl sites for hydroxylation is 1. The van der Waals surface area contributed by atoms with Crippen molar-refractivity contribution in [1.29, 1.82) is 0 Å². The van der Waals surface area contributed by atoms with Gasteiger partial charge in [0.25, 0.3) is 0 Å². The van der Waals surface area contributed by atoms with E-state index in [9.17, 15) is 0 Å². The topological polar surface area (TPSA) is 52.6 Å². The summed E-state index contributed by atoms with van der Waals surface area (Å²) in [5, 5.41) is 3.57. The summed E-state index contributed by atoms with van der Waals surface area (Å²) in [5.74, 6) is 0.996. The maximum Gasteiger partial charge on any atom is 0.193 e. The van der Waals surface area contributed by atoms with Gasteiger partial charge in [0, 0.05) is 65.2 Å². The predicted octanol–water partition coefficient (Wildman–Crippen LogP) is 1.96. The molecule has 2 atom stereocenters. The molecule has 3 aliphatic heterocycles. The monoisotopic (exact) mass is 429 g/mol. The van der Waals surface area contributed by atoms with Gasteiger partial charge in [-0.05, 0) is 50.4 Å². The highest BCUT2D eigenvalue weighted by Crippen LogP contribution is 2.21. The Morgan fingerprint density at radius 2 is 1.94 bits per heavy atom. The van der Waals surface area contributed by atoms with E-state index in [-0.39, 0.29) is 12.2 Å². The highest BCUT2D eigenvalue weighted by atomic mass is 16.5. The summed E-state index contributed by atoms with van der Waals surface area (Å²) in [4.78, 5) is 11.9. The normalized spacial score (nSPS) is 25.8. The van der Waals surface area contributed by atoms with Crippen LogP contribution < -0.4 is 10.2 Å². The summed E-state index contributed by atoms with van der Waals surface area (Å²) in [6, 6.07) is 8.85. The van der Waals surface area contributed by atoms with Crippen molar-refractivity contribution >= 4 is 11.6 Å². The molecular formula is C24H39N5O2. The highest BCUT2D eigenvalue weighted by Gasteiger charge is 2.32. The largest absolute Gasteiger partial charge is 0.375 e. The third-order valence-electron chi connectivity index (χ3n) is 6.66. The first kappa shape index (κ1) is 22.4. The second-order valence-electron chi connectivity index (χ2n) is 8.90. The molecule has 3 aliphatic rings. The molecule has 1 aromatic carbocycles. The van der Waals surface area contributed by atoms with E-state index >= 15 is 0 Å². The van der Waals surface area contributed by atoms with Crippen LogP contribution in [0.25, 0.3) is 0 Å². The van der Waals surface area contributed by atoms with Gasteiger partial charge in [0.15, 0.2) is 5.96 Å². The summed E-state index contributed by atoms with van der Waals surface area (Å²) < 4.78 is 11.8. The van der Waals surface area contributed by atoms with Gasteiger partial charge in [-0.3, -0.25) is 9.89 Å². The summed E-state index contributed by atoms with van der Waals surface area (Å²) in [6.45, 7) is 12.1. The SMILES string of the molecule is CN=C(NCCCN1CCN(c2cccc(C)c2)CC1)N1CCOC(C2CCCO2)C1. The zero-order chi connectivity index (χ0) is 21.5. The molecular weight excluding hydrogens is 390 g/mol. The minimum Gasteiger partial charge on any atom is -0.375 e. The molecule has 3 fully saturated rings. The zero-order valence-corrected chi connectivity index (χ0v) is 19.3. The first-order valence-corrected chi connectivity index (χ1v) is 12.0. The molecule has 172 valence electrons. The Bertz CT molecular complexity index is 714. The van der Waals surface area contributed by atoms with Crippen LogP contribution in [0.3, 0.4) is 0 Å². The third kappa shape index (κ3) is 6.11. The maximum absolute atomic E-state index is 5.98. The number of rotatable bonds is 6. The Morgan fingerprint density at radius 1 is 1.10 bits per heavy atom. The van der Waals surface area contributed by atoms with E-state index in [0.29, 0.717) is 0 Å². The smallest absolute Gasteiger partial charge is 0.193 e. The summed E-state index contributed by atoms with van der Waals surface area (Å²) in [5.41, 5.74) is 2.69. The van der Waals surface area contributed by atoms with Crippen molar-refractivity contribution in [1.82, 2.24) is 15.1 Å². The summed E-state index contributed by atoms with van der Waals surface area (Å²) >= 11 is 0. The Labute approximate surface area is 187 Å². The standard InChI is InChI=1S/C24H39N5O2/c1-20-6-3-7-21(18-20)28-13-11-27(12-14-28)10-5-9-26-24(25-2)29-15-17-31-23(19-29)22-8-4-16-30-22/h3,6-7,18,22-23H,4-5,8-17,19H2,1-2H3,(H,25,26). The van der Waals surface area contributed by atoms with Crippen LogP contribution in [0.15, 0.2) is 29.3 Å². The fourth-order valence-electron chi connectivity index (χ4n) is 4.88. The van der Waals surface area contributed by atoms with E-state index in [4.69, 9.17) is 9.47 Å². The number of nitrogens with zero attached hydrogens (tertiary/aromatic N) is 4. The Hall–Kier alpha value is -1.83. The number of anilines is 1. The summed E-state index contributed by atoms with van der Waals surface area (Å²) in [7, 11) is 1.88. The van der Waals surface area contributed by atoms with Crippen LogP contribution in [0.4, 0.5) is 5.69 Å². The molecule has 0 aromatic heterocycles. The van der Waals surface area contributed by atoms with Crippen molar-refractivity contribution in [2.24, 2.45) is 4.99 Å². The molecule has 0 saturated carbocycles. The number of hydrogen-bond acceptors (Lipinski definition) is 5. The van der Waals surface area contributed by atoms with Gasteiger partial charge in [-0.25, -0.2) is 0 Å². The molecule has 4 rings (SSSR count). The van der Waals surface area contributed by atoms with Crippen LogP contribution >= 0.6 is 0 Å². The lowest BCUT2D eigenvalue weighted by Gasteiger charge is -2.37. The Morgan fingerprint density at radius 3 is 2.68 bits per heavy atom. The van der Waals surface area contributed by atoms with E-state index in [1.807, 2.05) is 7.05 Å². The van der Waals surface area contributed by atoms with E-state index in [1.54, 1.807) is 0 Å². The lowest BCUT2D eigenvalue weighted by Crippen LogP contribution is -2.53. The highest BCUT2D eigenvalue weighted by molar-refractivity contribution is 5.80. The van der Waals surface area contributed by atoms with E-state index < -0.39 is 0 Å². The second kappa shape index (κ2) is 11.2. The zero-order valence-electron chi connectivity index (χ0n) is 19.3. The van der Waals surface area contributed by atoms with Gasteiger partial charge in [-0.2, -0.15) is 0 Å². The molecule has 3 saturated heterocycles. The average molecular weight is 430 g/mol. The summed E-state index contributed by atoms with van der Waals surface area (Å²) in [6.07, 6.45) is 3.81. The lowest BCUT2D eigenvalue weighted by atomic mass is 10.1. The van der Waals surface area contributed by atoms with Crippen molar-refractivity contribution in [3.05, 3.63) is 29.8 Å². The molecule has 7 heteroatoms. The van der Waals surface area contributed by atoms with Crippen LogP contribution in [-0.2, 0) is 9.47 Å². The molecule has 0 amide bonds. The van der Waals surface area contributed by atoms with Gasteiger partial charge in [0.05, 0.1) is 12.7 Å². The Kier molecular flexibility index (Phi) is 8.05. The molecule has 1 N–H and O–H groups in total. The third-order valence-corrected chi connectivity index (χ3v) is 6.66. The number of guanidine groups is 1. The minimum atomic E-state index is 0.166. The molecule has 0 bridgehead atoms. The van der Waals surface area contributed by atoms with Crippen molar-refractivity contribution in [2.45, 2.75) is 38.4 Å². The van der Waals surface area contributed by atoms with E-state index in [0.717, 1.165) is 90.8 Å². The van der Waals surface area contributed by atoms with Crippen LogP contribution in [0, 0.1) is 6.92 Å². The number of ether oxygens (including phenoxy) is 2. The number of morpholine rings is 1. The molecule has 7 nitrogen and oxygen atoms in total. The average Bonchev–Trinajstić information content (AvgIpc) is 3.35. The Balaban J connectivity index is 1.15. The molecule has 0 aliphatic carbocycles. The molecule has 2 unspecified atom stereocenters. The predicted molar refractivity (Wildman–Crippen MR) is 126 cm³/mol. The van der Waals surface area contributed by atoms with Gasteiger partial charge >= 0.3 is 0 Å². The fourth-order valence-corrected chi connectivity index (χ4v) is 4.88. The molecule has 3 heterocycles. The van der Waals surface area contributed by atoms with Crippen LogP contribution in [0.2, 0.25) is 0 Å².